The van der Waals surface area contributed by atoms with Gasteiger partial charge in [-0.3, -0.25) is 0 Å². The SMILES string of the molecule is C=CCn1c(C)nnc1SCc1nc2ccc(C)cc2[nH]1. The number of aromatic nitrogens is 5. The van der Waals surface area contributed by atoms with Crippen molar-refractivity contribution < 1.29 is 0 Å². The van der Waals surface area contributed by atoms with E-state index in [1.807, 2.05) is 23.6 Å². The number of imidazole rings is 1. The molecule has 5 nitrogen and oxygen atoms in total. The number of fused-ring (bicyclic) bond motifs is 1. The molecule has 0 spiro atoms. The molecule has 0 amide bonds. The Bertz CT molecular complexity index is 787. The third kappa shape index (κ3) is 2.85. The van der Waals surface area contributed by atoms with Crippen molar-refractivity contribution in [3.63, 3.8) is 0 Å². The molecule has 0 radical (unpaired) electrons. The van der Waals surface area contributed by atoms with Crippen LogP contribution in [0.15, 0.2) is 36.0 Å². The second kappa shape index (κ2) is 5.73. The summed E-state index contributed by atoms with van der Waals surface area (Å²) in [5, 5.41) is 9.21. The first kappa shape index (κ1) is 13.9. The quantitative estimate of drug-likeness (QED) is 0.580. The highest BCUT2D eigenvalue weighted by atomic mass is 32.2. The van der Waals surface area contributed by atoms with Crippen LogP contribution in [-0.2, 0) is 12.3 Å². The van der Waals surface area contributed by atoms with Gasteiger partial charge in [-0.1, -0.05) is 23.9 Å². The van der Waals surface area contributed by atoms with Gasteiger partial charge in [-0.2, -0.15) is 0 Å². The zero-order valence-electron chi connectivity index (χ0n) is 12.1. The Hall–Kier alpha value is -2.08. The average Bonchev–Trinajstić information content (AvgIpc) is 3.01. The average molecular weight is 299 g/mol. The van der Waals surface area contributed by atoms with E-state index in [2.05, 4.69) is 45.8 Å². The molecule has 0 atom stereocenters. The maximum Gasteiger partial charge on any atom is 0.191 e. The van der Waals surface area contributed by atoms with Crippen LogP contribution in [0.3, 0.4) is 0 Å². The van der Waals surface area contributed by atoms with Crippen molar-refractivity contribution in [3.8, 4) is 0 Å². The molecule has 0 aliphatic rings. The minimum absolute atomic E-state index is 0.723. The first-order chi connectivity index (χ1) is 10.2. The Labute approximate surface area is 127 Å². The molecular formula is C15H17N5S. The fraction of sp³-hybridized carbons (Fsp3) is 0.267. The fourth-order valence-corrected chi connectivity index (χ4v) is 3.05. The smallest absolute Gasteiger partial charge is 0.191 e. The van der Waals surface area contributed by atoms with Crippen LogP contribution >= 0.6 is 11.8 Å². The normalized spacial score (nSPS) is 11.1. The molecule has 1 aromatic carbocycles. The van der Waals surface area contributed by atoms with Gasteiger partial charge in [0.05, 0.1) is 16.8 Å². The largest absolute Gasteiger partial charge is 0.341 e. The lowest BCUT2D eigenvalue weighted by atomic mass is 10.2. The standard InChI is InChI=1S/C15H17N5S/c1-4-7-20-11(3)18-19-15(20)21-9-14-16-12-6-5-10(2)8-13(12)17-14/h4-6,8H,1,7,9H2,2-3H3,(H,16,17). The summed E-state index contributed by atoms with van der Waals surface area (Å²) in [5.41, 5.74) is 3.31. The minimum Gasteiger partial charge on any atom is -0.341 e. The number of allylic oxidation sites excluding steroid dienone is 1. The number of thioether (sulfide) groups is 1. The van der Waals surface area contributed by atoms with Gasteiger partial charge < -0.3 is 9.55 Å². The lowest BCUT2D eigenvalue weighted by molar-refractivity contribution is 0.703. The number of nitrogens with zero attached hydrogens (tertiary/aromatic N) is 4. The number of aromatic amines is 1. The zero-order chi connectivity index (χ0) is 14.8. The van der Waals surface area contributed by atoms with Crippen molar-refractivity contribution in [1.29, 1.82) is 0 Å². The van der Waals surface area contributed by atoms with Crippen molar-refractivity contribution in [1.82, 2.24) is 24.7 Å². The van der Waals surface area contributed by atoms with E-state index in [1.54, 1.807) is 11.8 Å². The summed E-state index contributed by atoms with van der Waals surface area (Å²) in [7, 11) is 0. The number of nitrogens with one attached hydrogen (secondary N) is 1. The maximum absolute atomic E-state index is 4.60. The fourth-order valence-electron chi connectivity index (χ4n) is 2.19. The van der Waals surface area contributed by atoms with E-state index in [0.29, 0.717) is 0 Å². The molecule has 0 unspecified atom stereocenters. The van der Waals surface area contributed by atoms with Gasteiger partial charge in [0.2, 0.25) is 0 Å². The zero-order valence-corrected chi connectivity index (χ0v) is 12.9. The number of benzene rings is 1. The highest BCUT2D eigenvalue weighted by molar-refractivity contribution is 7.98. The number of hydrogen-bond donors (Lipinski definition) is 1. The van der Waals surface area contributed by atoms with Crippen molar-refractivity contribution >= 4 is 22.8 Å². The van der Waals surface area contributed by atoms with Gasteiger partial charge in [0.25, 0.3) is 0 Å². The predicted molar refractivity (Wildman–Crippen MR) is 85.3 cm³/mol. The summed E-state index contributed by atoms with van der Waals surface area (Å²) in [6, 6.07) is 6.23. The summed E-state index contributed by atoms with van der Waals surface area (Å²) < 4.78 is 2.05. The van der Waals surface area contributed by atoms with E-state index >= 15 is 0 Å². The highest BCUT2D eigenvalue weighted by Gasteiger charge is 2.10. The first-order valence-corrected chi connectivity index (χ1v) is 7.74. The molecule has 2 aromatic heterocycles. The Morgan fingerprint density at radius 1 is 1.33 bits per heavy atom. The highest BCUT2D eigenvalue weighted by Crippen LogP contribution is 2.22. The number of hydrogen-bond acceptors (Lipinski definition) is 4. The molecule has 3 rings (SSSR count). The number of H-pyrrole nitrogens is 1. The van der Waals surface area contributed by atoms with E-state index in [-0.39, 0.29) is 0 Å². The van der Waals surface area contributed by atoms with E-state index in [0.717, 1.165) is 40.1 Å². The molecule has 0 bridgehead atoms. The van der Waals surface area contributed by atoms with Gasteiger partial charge in [-0.25, -0.2) is 4.98 Å². The van der Waals surface area contributed by atoms with Crippen molar-refractivity contribution in [2.24, 2.45) is 0 Å². The lowest BCUT2D eigenvalue weighted by Gasteiger charge is -2.03. The van der Waals surface area contributed by atoms with Crippen LogP contribution in [0, 0.1) is 13.8 Å². The number of rotatable bonds is 5. The van der Waals surface area contributed by atoms with Crippen LogP contribution in [0.1, 0.15) is 17.2 Å². The van der Waals surface area contributed by atoms with Crippen molar-refractivity contribution in [2.75, 3.05) is 0 Å². The summed E-state index contributed by atoms with van der Waals surface area (Å²) in [6.07, 6.45) is 1.85. The van der Waals surface area contributed by atoms with Crippen LogP contribution in [0.25, 0.3) is 11.0 Å². The second-order valence-electron chi connectivity index (χ2n) is 4.92. The molecule has 108 valence electrons. The van der Waals surface area contributed by atoms with Crippen LogP contribution in [0.4, 0.5) is 0 Å². The molecule has 21 heavy (non-hydrogen) atoms. The van der Waals surface area contributed by atoms with Gasteiger partial charge in [-0.05, 0) is 31.5 Å². The van der Waals surface area contributed by atoms with Gasteiger partial charge in [0, 0.05) is 6.54 Å². The maximum atomic E-state index is 4.60. The monoisotopic (exact) mass is 299 g/mol. The Morgan fingerprint density at radius 2 is 2.19 bits per heavy atom. The third-order valence-electron chi connectivity index (χ3n) is 3.24. The van der Waals surface area contributed by atoms with E-state index < -0.39 is 0 Å². The van der Waals surface area contributed by atoms with Gasteiger partial charge in [-0.15, -0.1) is 16.8 Å². The summed E-state index contributed by atoms with van der Waals surface area (Å²) >= 11 is 1.63. The first-order valence-electron chi connectivity index (χ1n) is 6.76. The van der Waals surface area contributed by atoms with Crippen LogP contribution in [-0.4, -0.2) is 24.7 Å². The van der Waals surface area contributed by atoms with Crippen LogP contribution in [0.2, 0.25) is 0 Å². The van der Waals surface area contributed by atoms with E-state index in [1.165, 1.54) is 5.56 Å². The summed E-state index contributed by atoms with van der Waals surface area (Å²) in [6.45, 7) is 8.52. The Balaban J connectivity index is 1.78. The molecule has 0 saturated heterocycles. The number of aryl methyl sites for hydroxylation is 2. The molecule has 2 heterocycles. The third-order valence-corrected chi connectivity index (χ3v) is 4.22. The van der Waals surface area contributed by atoms with Crippen molar-refractivity contribution in [2.45, 2.75) is 31.3 Å². The van der Waals surface area contributed by atoms with E-state index in [9.17, 15) is 0 Å². The Morgan fingerprint density at radius 3 is 3.00 bits per heavy atom. The van der Waals surface area contributed by atoms with Gasteiger partial charge in [0.1, 0.15) is 11.6 Å². The molecule has 0 aliphatic carbocycles. The second-order valence-corrected chi connectivity index (χ2v) is 5.86. The molecule has 0 fully saturated rings. The molecular weight excluding hydrogens is 282 g/mol. The van der Waals surface area contributed by atoms with Crippen LogP contribution in [0.5, 0.6) is 0 Å². The molecule has 1 N–H and O–H groups in total. The van der Waals surface area contributed by atoms with Gasteiger partial charge >= 0.3 is 0 Å². The molecule has 0 aliphatic heterocycles. The molecule has 3 aromatic rings. The topological polar surface area (TPSA) is 59.4 Å². The van der Waals surface area contributed by atoms with Crippen LogP contribution < -0.4 is 0 Å². The molecule has 0 saturated carbocycles. The summed E-state index contributed by atoms with van der Waals surface area (Å²) in [5.74, 6) is 2.59. The lowest BCUT2D eigenvalue weighted by Crippen LogP contribution is -2.00. The van der Waals surface area contributed by atoms with Crippen molar-refractivity contribution in [3.05, 3.63) is 48.1 Å². The van der Waals surface area contributed by atoms with Gasteiger partial charge in [0.15, 0.2) is 5.16 Å². The summed E-state index contributed by atoms with van der Waals surface area (Å²) in [4.78, 5) is 7.95. The van der Waals surface area contributed by atoms with E-state index in [4.69, 9.17) is 0 Å². The minimum atomic E-state index is 0.723. The Kier molecular flexibility index (Phi) is 3.79. The molecule has 6 heteroatoms. The predicted octanol–water partition coefficient (Wildman–Crippen LogP) is 3.25.